The lowest BCUT2D eigenvalue weighted by atomic mass is 10.4. The molecule has 0 aromatic carbocycles. The summed E-state index contributed by atoms with van der Waals surface area (Å²) in [4.78, 5) is 19.0. The van der Waals surface area contributed by atoms with E-state index in [1.807, 2.05) is 30.4 Å². The monoisotopic (exact) mass is 309 g/mol. The van der Waals surface area contributed by atoms with Gasteiger partial charge in [0.1, 0.15) is 17.9 Å². The summed E-state index contributed by atoms with van der Waals surface area (Å²) in [5, 5.41) is 4.13. The van der Waals surface area contributed by atoms with E-state index >= 15 is 0 Å². The van der Waals surface area contributed by atoms with Crippen molar-refractivity contribution in [2.45, 2.75) is 38.6 Å². The Hall–Kier alpha value is -1.56. The van der Waals surface area contributed by atoms with Crippen LogP contribution in [0.2, 0.25) is 0 Å². The lowest BCUT2D eigenvalue weighted by Crippen LogP contribution is -2.31. The van der Waals surface area contributed by atoms with Crippen molar-refractivity contribution in [1.29, 1.82) is 0 Å². The van der Waals surface area contributed by atoms with Crippen LogP contribution in [0.1, 0.15) is 36.7 Å². The highest BCUT2D eigenvalue weighted by Gasteiger charge is 2.24. The first-order chi connectivity index (χ1) is 9.99. The molecule has 1 fully saturated rings. The number of aryl methyl sites for hydroxylation is 2. The van der Waals surface area contributed by atoms with Crippen LogP contribution in [0.4, 0.5) is 0 Å². The average Bonchev–Trinajstić information content (AvgIpc) is 3.10. The summed E-state index contributed by atoms with van der Waals surface area (Å²) >= 11 is 6.25. The molecule has 1 saturated heterocycles. The predicted octanol–water partition coefficient (Wildman–Crippen LogP) is 2.00. The van der Waals surface area contributed by atoms with Crippen LogP contribution in [0, 0.1) is 6.92 Å². The molecule has 1 atom stereocenters. The van der Waals surface area contributed by atoms with Gasteiger partial charge in [0.2, 0.25) is 5.91 Å². The van der Waals surface area contributed by atoms with E-state index in [1.165, 1.54) is 0 Å². The number of hydrogen-bond donors (Lipinski definition) is 0. The first-order valence-electron chi connectivity index (χ1n) is 7.30. The summed E-state index contributed by atoms with van der Waals surface area (Å²) in [5.74, 6) is 0.861. The largest absolute Gasteiger partial charge is 0.341 e. The zero-order chi connectivity index (χ0) is 15.1. The molecule has 3 rings (SSSR count). The minimum Gasteiger partial charge on any atom is -0.341 e. The molecule has 0 aliphatic carbocycles. The summed E-state index contributed by atoms with van der Waals surface area (Å²) in [7, 11) is 1.87. The summed E-state index contributed by atoms with van der Waals surface area (Å²) in [6.07, 6.45) is 2.18. The molecule has 0 radical (unpaired) electrons. The van der Waals surface area contributed by atoms with Crippen LogP contribution in [0.25, 0.3) is 11.2 Å². The van der Waals surface area contributed by atoms with Gasteiger partial charge in [-0.25, -0.2) is 4.98 Å². The van der Waals surface area contributed by atoms with Gasteiger partial charge in [0.25, 0.3) is 0 Å². The maximum Gasteiger partial charge on any atom is 0.242 e. The maximum atomic E-state index is 12.5. The Morgan fingerprint density at radius 3 is 2.67 bits per heavy atom. The van der Waals surface area contributed by atoms with Crippen LogP contribution in [0.15, 0.2) is 0 Å². The number of imidazole rings is 1. The van der Waals surface area contributed by atoms with E-state index in [0.29, 0.717) is 0 Å². The minimum absolute atomic E-state index is 0.129. The van der Waals surface area contributed by atoms with Crippen molar-refractivity contribution < 1.29 is 4.79 Å². The van der Waals surface area contributed by atoms with E-state index in [4.69, 9.17) is 11.6 Å². The number of rotatable bonds is 3. The first kappa shape index (κ1) is 14.4. The normalized spacial score (nSPS) is 16.9. The number of carbonyl (C=O) groups is 1. The Balaban J connectivity index is 2.02. The third kappa shape index (κ3) is 2.41. The molecule has 0 spiro atoms. The summed E-state index contributed by atoms with van der Waals surface area (Å²) in [5.41, 5.74) is 2.55. The molecule has 0 bridgehead atoms. The molecule has 2 aromatic rings. The number of carbonyl (C=O) groups excluding carboxylic acids is 1. The van der Waals surface area contributed by atoms with Gasteiger partial charge in [0, 0.05) is 20.1 Å². The fourth-order valence-corrected chi connectivity index (χ4v) is 3.18. The molecule has 1 aliphatic rings. The van der Waals surface area contributed by atoms with Crippen molar-refractivity contribution in [3.8, 4) is 0 Å². The topological polar surface area (TPSA) is 56.0 Å². The number of hydrogen-bond acceptors (Lipinski definition) is 3. The summed E-state index contributed by atoms with van der Waals surface area (Å²) in [6, 6.07) is 0. The van der Waals surface area contributed by atoms with Gasteiger partial charge in [-0.15, -0.1) is 11.6 Å². The second kappa shape index (κ2) is 5.33. The third-order valence-electron chi connectivity index (χ3n) is 4.03. The molecule has 6 nitrogen and oxygen atoms in total. The van der Waals surface area contributed by atoms with Crippen molar-refractivity contribution in [3.05, 3.63) is 11.5 Å². The lowest BCUT2D eigenvalue weighted by molar-refractivity contribution is -0.130. The SMILES string of the molecule is Cc1nn(C)c2c1nc(C(C)Cl)n2CC(=O)N1CCCC1. The van der Waals surface area contributed by atoms with Crippen LogP contribution in [0.5, 0.6) is 0 Å². The van der Waals surface area contributed by atoms with Crippen LogP contribution < -0.4 is 0 Å². The Kier molecular flexibility index (Phi) is 3.65. The minimum atomic E-state index is -0.247. The molecule has 7 heteroatoms. The molecule has 2 aromatic heterocycles. The van der Waals surface area contributed by atoms with Gasteiger partial charge in [-0.2, -0.15) is 5.10 Å². The van der Waals surface area contributed by atoms with Gasteiger partial charge >= 0.3 is 0 Å². The molecule has 1 unspecified atom stereocenters. The molecular formula is C14H20ClN5O. The van der Waals surface area contributed by atoms with Crippen molar-refractivity contribution >= 4 is 28.7 Å². The van der Waals surface area contributed by atoms with E-state index in [9.17, 15) is 4.79 Å². The van der Waals surface area contributed by atoms with Gasteiger partial charge in [-0.1, -0.05) is 0 Å². The standard InChI is InChI=1S/C14H20ClN5O/c1-9(15)13-16-12-10(2)17-18(3)14(12)20(13)8-11(21)19-6-4-5-7-19/h9H,4-8H2,1-3H3. The van der Waals surface area contributed by atoms with Crippen LogP contribution in [0.3, 0.4) is 0 Å². The second-order valence-corrected chi connectivity index (χ2v) is 6.30. The number of likely N-dealkylation sites (tertiary alicyclic amines) is 1. The Morgan fingerprint density at radius 1 is 1.38 bits per heavy atom. The highest BCUT2D eigenvalue weighted by molar-refractivity contribution is 6.20. The Bertz CT molecular complexity index is 681. The van der Waals surface area contributed by atoms with Crippen LogP contribution >= 0.6 is 11.6 Å². The summed E-state index contributed by atoms with van der Waals surface area (Å²) in [6.45, 7) is 5.79. The van der Waals surface area contributed by atoms with Gasteiger partial charge in [-0.05, 0) is 26.7 Å². The smallest absolute Gasteiger partial charge is 0.242 e. The molecule has 0 N–H and O–H groups in total. The second-order valence-electron chi connectivity index (χ2n) is 5.64. The number of halogens is 1. The molecule has 3 heterocycles. The van der Waals surface area contributed by atoms with E-state index < -0.39 is 0 Å². The van der Waals surface area contributed by atoms with E-state index in [1.54, 1.807) is 4.68 Å². The number of aromatic nitrogens is 4. The quantitative estimate of drug-likeness (QED) is 0.815. The number of amides is 1. The van der Waals surface area contributed by atoms with E-state index in [2.05, 4.69) is 10.1 Å². The predicted molar refractivity (Wildman–Crippen MR) is 81.3 cm³/mol. The van der Waals surface area contributed by atoms with Gasteiger partial charge in [0.05, 0.1) is 11.1 Å². The summed E-state index contributed by atoms with van der Waals surface area (Å²) < 4.78 is 3.69. The fraction of sp³-hybridized carbons (Fsp3) is 0.643. The Morgan fingerprint density at radius 2 is 2.05 bits per heavy atom. The van der Waals surface area contributed by atoms with Gasteiger partial charge in [-0.3, -0.25) is 9.48 Å². The van der Waals surface area contributed by atoms with Crippen molar-refractivity contribution in [1.82, 2.24) is 24.2 Å². The van der Waals surface area contributed by atoms with Crippen molar-refractivity contribution in [2.24, 2.45) is 7.05 Å². The molecule has 1 amide bonds. The van der Waals surface area contributed by atoms with Gasteiger partial charge < -0.3 is 9.47 Å². The zero-order valence-corrected chi connectivity index (χ0v) is 13.4. The average molecular weight is 310 g/mol. The molecule has 0 saturated carbocycles. The van der Waals surface area contributed by atoms with Crippen LogP contribution in [-0.4, -0.2) is 43.2 Å². The molecule has 114 valence electrons. The zero-order valence-electron chi connectivity index (χ0n) is 12.6. The van der Waals surface area contributed by atoms with E-state index in [-0.39, 0.29) is 17.8 Å². The highest BCUT2D eigenvalue weighted by Crippen LogP contribution is 2.26. The third-order valence-corrected chi connectivity index (χ3v) is 4.22. The van der Waals surface area contributed by atoms with E-state index in [0.717, 1.165) is 48.6 Å². The number of alkyl halides is 1. The van der Waals surface area contributed by atoms with Gasteiger partial charge in [0.15, 0.2) is 5.65 Å². The first-order valence-corrected chi connectivity index (χ1v) is 7.74. The fourth-order valence-electron chi connectivity index (χ4n) is 3.01. The Labute approximate surface area is 128 Å². The molecule has 21 heavy (non-hydrogen) atoms. The maximum absolute atomic E-state index is 12.5. The van der Waals surface area contributed by atoms with Crippen molar-refractivity contribution in [2.75, 3.05) is 13.1 Å². The van der Waals surface area contributed by atoms with Crippen molar-refractivity contribution in [3.63, 3.8) is 0 Å². The lowest BCUT2D eigenvalue weighted by Gasteiger charge is -2.17. The molecular weight excluding hydrogens is 290 g/mol. The van der Waals surface area contributed by atoms with Crippen LogP contribution in [-0.2, 0) is 18.4 Å². The highest BCUT2D eigenvalue weighted by atomic mass is 35.5. The molecule has 1 aliphatic heterocycles. The number of nitrogens with zero attached hydrogens (tertiary/aromatic N) is 5. The number of fused-ring (bicyclic) bond motifs is 1.